The van der Waals surface area contributed by atoms with Gasteiger partial charge in [0.05, 0.1) is 21.6 Å². The molecule has 1 aliphatic heterocycles. The second kappa shape index (κ2) is 7.43. The summed E-state index contributed by atoms with van der Waals surface area (Å²) < 4.78 is 54.3. The Balaban J connectivity index is 1.58. The predicted octanol–water partition coefficient (Wildman–Crippen LogP) is 2.48. The zero-order valence-corrected chi connectivity index (χ0v) is 17.3. The van der Waals surface area contributed by atoms with Gasteiger partial charge in [-0.1, -0.05) is 6.07 Å². The van der Waals surface area contributed by atoms with Crippen LogP contribution in [0.5, 0.6) is 0 Å². The summed E-state index contributed by atoms with van der Waals surface area (Å²) in [5.41, 5.74) is 0.750. The molecule has 0 unspecified atom stereocenters. The Kier molecular flexibility index (Phi) is 5.13. The Morgan fingerprint density at radius 3 is 2.50 bits per heavy atom. The molecule has 10 heteroatoms. The molecule has 1 fully saturated rings. The SMILES string of the molecule is O=S1(=O)CCN(S(=O)(=O)c2ccc(-n3cccn3)cc2)CC[C@H]1c1cccs1. The largest absolute Gasteiger partial charge is 0.243 e. The van der Waals surface area contributed by atoms with Crippen LogP contribution in [0.4, 0.5) is 0 Å². The number of hydrogen-bond acceptors (Lipinski definition) is 6. The third-order valence-electron chi connectivity index (χ3n) is 4.80. The molecule has 0 spiro atoms. The van der Waals surface area contributed by atoms with Gasteiger partial charge in [0, 0.05) is 30.4 Å². The lowest BCUT2D eigenvalue weighted by atomic mass is 10.2. The summed E-state index contributed by atoms with van der Waals surface area (Å²) in [7, 11) is -7.17. The topological polar surface area (TPSA) is 89.3 Å². The van der Waals surface area contributed by atoms with E-state index in [1.165, 1.54) is 27.8 Å². The normalized spacial score (nSPS) is 20.6. The van der Waals surface area contributed by atoms with Crippen LogP contribution in [0, 0.1) is 0 Å². The maximum Gasteiger partial charge on any atom is 0.243 e. The van der Waals surface area contributed by atoms with Crippen LogP contribution < -0.4 is 0 Å². The van der Waals surface area contributed by atoms with Gasteiger partial charge in [0.25, 0.3) is 0 Å². The van der Waals surface area contributed by atoms with Crippen LogP contribution in [0.1, 0.15) is 16.5 Å². The minimum Gasteiger partial charge on any atom is -0.241 e. The van der Waals surface area contributed by atoms with Crippen molar-refractivity contribution in [3.63, 3.8) is 0 Å². The lowest BCUT2D eigenvalue weighted by Gasteiger charge is -2.19. The van der Waals surface area contributed by atoms with Crippen LogP contribution in [0.25, 0.3) is 5.69 Å². The molecule has 148 valence electrons. The van der Waals surface area contributed by atoms with E-state index in [1.54, 1.807) is 41.3 Å². The predicted molar refractivity (Wildman–Crippen MR) is 108 cm³/mol. The highest BCUT2D eigenvalue weighted by molar-refractivity contribution is 7.92. The van der Waals surface area contributed by atoms with E-state index in [4.69, 9.17) is 0 Å². The minimum absolute atomic E-state index is 0.0343. The maximum atomic E-state index is 13.1. The zero-order chi connectivity index (χ0) is 19.8. The van der Waals surface area contributed by atoms with Crippen LogP contribution >= 0.6 is 11.3 Å². The molecule has 28 heavy (non-hydrogen) atoms. The number of rotatable bonds is 4. The molecular weight excluding hydrogens is 418 g/mol. The highest BCUT2D eigenvalue weighted by atomic mass is 32.2. The van der Waals surface area contributed by atoms with E-state index in [0.717, 1.165) is 10.6 Å². The number of hydrogen-bond donors (Lipinski definition) is 0. The molecule has 1 atom stereocenters. The molecule has 1 saturated heterocycles. The molecule has 1 aromatic carbocycles. The fraction of sp³-hybridized carbons (Fsp3) is 0.278. The first-order valence-corrected chi connectivity index (χ1v) is 12.8. The standard InChI is InChI=1S/C18H19N3O4S3/c22-27(23)14-12-20(11-8-18(27)17-3-1-13-26-17)28(24,25)16-6-4-15(5-7-16)21-10-2-9-19-21/h1-7,9-10,13,18H,8,11-12,14H2/t18-/m0/s1. The molecule has 1 aliphatic rings. The summed E-state index contributed by atoms with van der Waals surface area (Å²) in [6.45, 7) is 0.137. The molecule has 3 aromatic rings. The van der Waals surface area contributed by atoms with Crippen molar-refractivity contribution >= 4 is 31.2 Å². The molecule has 7 nitrogen and oxygen atoms in total. The Morgan fingerprint density at radius 1 is 1.07 bits per heavy atom. The first-order chi connectivity index (χ1) is 13.4. The van der Waals surface area contributed by atoms with Gasteiger partial charge >= 0.3 is 0 Å². The molecule has 4 rings (SSSR count). The van der Waals surface area contributed by atoms with E-state index in [9.17, 15) is 16.8 Å². The second-order valence-electron chi connectivity index (χ2n) is 6.51. The van der Waals surface area contributed by atoms with E-state index < -0.39 is 25.1 Å². The zero-order valence-electron chi connectivity index (χ0n) is 14.9. The van der Waals surface area contributed by atoms with Crippen molar-refractivity contribution in [1.29, 1.82) is 0 Å². The number of benzene rings is 1. The second-order valence-corrected chi connectivity index (χ2v) is 11.7. The molecule has 2 aromatic heterocycles. The van der Waals surface area contributed by atoms with Crippen molar-refractivity contribution in [3.05, 3.63) is 65.1 Å². The van der Waals surface area contributed by atoms with Gasteiger partial charge in [-0.2, -0.15) is 9.40 Å². The quantitative estimate of drug-likeness (QED) is 0.626. The van der Waals surface area contributed by atoms with E-state index in [-0.39, 0.29) is 30.2 Å². The van der Waals surface area contributed by atoms with E-state index in [0.29, 0.717) is 0 Å². The van der Waals surface area contributed by atoms with Crippen molar-refractivity contribution in [2.45, 2.75) is 16.6 Å². The number of thiophene rings is 1. The first-order valence-electron chi connectivity index (χ1n) is 8.73. The van der Waals surface area contributed by atoms with Gasteiger partial charge in [0.2, 0.25) is 10.0 Å². The highest BCUT2D eigenvalue weighted by Gasteiger charge is 2.36. The summed E-state index contributed by atoms with van der Waals surface area (Å²) in [5, 5.41) is 5.32. The Labute approximate surface area is 168 Å². The van der Waals surface area contributed by atoms with Gasteiger partial charge in [-0.3, -0.25) is 0 Å². The third kappa shape index (κ3) is 3.64. The summed E-state index contributed by atoms with van der Waals surface area (Å²) >= 11 is 1.39. The fourth-order valence-electron chi connectivity index (χ4n) is 3.30. The van der Waals surface area contributed by atoms with Crippen molar-refractivity contribution < 1.29 is 16.8 Å². The van der Waals surface area contributed by atoms with Crippen molar-refractivity contribution in [3.8, 4) is 5.69 Å². The smallest absolute Gasteiger partial charge is 0.241 e. The van der Waals surface area contributed by atoms with Crippen molar-refractivity contribution in [2.24, 2.45) is 0 Å². The molecule has 0 amide bonds. The lowest BCUT2D eigenvalue weighted by molar-refractivity contribution is 0.428. The molecular formula is C18H19N3O4S3. The molecule has 0 aliphatic carbocycles. The molecule has 0 saturated carbocycles. The van der Waals surface area contributed by atoms with Gasteiger partial charge in [0.1, 0.15) is 0 Å². The summed E-state index contributed by atoms with van der Waals surface area (Å²) in [6.07, 6.45) is 3.67. The first kappa shape index (κ1) is 19.3. The minimum atomic E-state index is -3.77. The molecule has 0 radical (unpaired) electrons. The average molecular weight is 438 g/mol. The van der Waals surface area contributed by atoms with Gasteiger partial charge in [-0.25, -0.2) is 21.5 Å². The van der Waals surface area contributed by atoms with Gasteiger partial charge in [-0.05, 0) is 48.2 Å². The Bertz CT molecular complexity index is 1140. The average Bonchev–Trinajstić information content (AvgIpc) is 3.36. The Morgan fingerprint density at radius 2 is 1.86 bits per heavy atom. The van der Waals surface area contributed by atoms with E-state index >= 15 is 0 Å². The number of nitrogens with zero attached hydrogens (tertiary/aromatic N) is 3. The van der Waals surface area contributed by atoms with E-state index in [1.807, 2.05) is 11.4 Å². The third-order valence-corrected chi connectivity index (χ3v) is 9.96. The van der Waals surface area contributed by atoms with Crippen LogP contribution in [-0.2, 0) is 19.9 Å². The summed E-state index contributed by atoms with van der Waals surface area (Å²) in [6, 6.07) is 11.8. The molecule has 0 bridgehead atoms. The number of aromatic nitrogens is 2. The Hall–Kier alpha value is -2.01. The fourth-order valence-corrected chi connectivity index (χ4v) is 7.87. The summed E-state index contributed by atoms with van der Waals surface area (Å²) in [5.74, 6) is -0.180. The van der Waals surface area contributed by atoms with Crippen molar-refractivity contribution in [1.82, 2.24) is 14.1 Å². The summed E-state index contributed by atoms with van der Waals surface area (Å²) in [4.78, 5) is 0.915. The number of sulfonamides is 1. The molecule has 3 heterocycles. The highest BCUT2D eigenvalue weighted by Crippen LogP contribution is 2.33. The van der Waals surface area contributed by atoms with E-state index in [2.05, 4.69) is 5.10 Å². The van der Waals surface area contributed by atoms with Crippen LogP contribution in [-0.4, -0.2) is 49.8 Å². The maximum absolute atomic E-state index is 13.1. The van der Waals surface area contributed by atoms with Gasteiger partial charge in [-0.15, -0.1) is 11.3 Å². The van der Waals surface area contributed by atoms with Gasteiger partial charge < -0.3 is 0 Å². The monoisotopic (exact) mass is 437 g/mol. The lowest BCUT2D eigenvalue weighted by Crippen LogP contribution is -2.33. The van der Waals surface area contributed by atoms with Crippen LogP contribution in [0.3, 0.4) is 0 Å². The van der Waals surface area contributed by atoms with Crippen LogP contribution in [0.2, 0.25) is 0 Å². The number of sulfone groups is 1. The molecule has 0 N–H and O–H groups in total. The van der Waals surface area contributed by atoms with Crippen molar-refractivity contribution in [2.75, 3.05) is 18.8 Å². The van der Waals surface area contributed by atoms with Gasteiger partial charge in [0.15, 0.2) is 9.84 Å². The van der Waals surface area contributed by atoms with Crippen LogP contribution in [0.15, 0.2) is 65.1 Å².